The molecule has 2 aliphatic carbocycles. The van der Waals surface area contributed by atoms with Gasteiger partial charge in [0.2, 0.25) is 10.0 Å². The van der Waals surface area contributed by atoms with Gasteiger partial charge in [-0.1, -0.05) is 32.3 Å². The van der Waals surface area contributed by atoms with Gasteiger partial charge in [-0.15, -0.1) is 0 Å². The molecule has 0 amide bonds. The van der Waals surface area contributed by atoms with Crippen molar-refractivity contribution >= 4 is 15.7 Å². The van der Waals surface area contributed by atoms with Crippen LogP contribution in [0.3, 0.4) is 0 Å². The first-order valence-corrected chi connectivity index (χ1v) is 9.53. The summed E-state index contributed by atoms with van der Waals surface area (Å²) in [6.07, 6.45) is 3.81. The summed E-state index contributed by atoms with van der Waals surface area (Å²) in [5, 5.41) is 12.2. The van der Waals surface area contributed by atoms with Crippen LogP contribution >= 0.6 is 0 Å². The molecule has 0 aromatic heterocycles. The van der Waals surface area contributed by atoms with E-state index in [9.17, 15) is 13.6 Å². The van der Waals surface area contributed by atoms with Gasteiger partial charge >= 0.3 is 0 Å². The second-order valence-electron chi connectivity index (χ2n) is 7.51. The van der Waals surface area contributed by atoms with Gasteiger partial charge < -0.3 is 5.21 Å². The lowest BCUT2D eigenvalue weighted by molar-refractivity contribution is 0.177. The lowest BCUT2D eigenvalue weighted by Crippen LogP contribution is -2.52. The Morgan fingerprint density at radius 3 is 2.43 bits per heavy atom. The van der Waals surface area contributed by atoms with E-state index in [0.29, 0.717) is 24.7 Å². The van der Waals surface area contributed by atoms with Gasteiger partial charge in [0.05, 0.1) is 5.71 Å². The summed E-state index contributed by atoms with van der Waals surface area (Å²) in [4.78, 5) is 0. The zero-order valence-electron chi connectivity index (χ0n) is 13.1. The third-order valence-corrected chi connectivity index (χ3v) is 8.69. The van der Waals surface area contributed by atoms with Crippen molar-refractivity contribution in [3.8, 4) is 0 Å². The Balaban J connectivity index is 1.97. The number of rotatable bonds is 2. The fraction of sp³-hybridized carbons (Fsp3) is 0.933. The molecule has 0 unspecified atom stereocenters. The summed E-state index contributed by atoms with van der Waals surface area (Å²) in [6.45, 7) is 7.71. The maximum Gasteiger partial charge on any atom is 0.222 e. The summed E-state index contributed by atoms with van der Waals surface area (Å²) in [5.41, 5.74) is 0.490. The number of piperidine rings is 1. The molecule has 0 aromatic carbocycles. The summed E-state index contributed by atoms with van der Waals surface area (Å²) in [6, 6.07) is 0. The van der Waals surface area contributed by atoms with Crippen molar-refractivity contribution < 1.29 is 13.6 Å². The minimum absolute atomic E-state index is 0.0214. The lowest BCUT2D eigenvalue weighted by Gasteiger charge is -2.42. The molecule has 0 aromatic rings. The largest absolute Gasteiger partial charge is 0.411 e. The van der Waals surface area contributed by atoms with Crippen LogP contribution in [0.25, 0.3) is 0 Å². The molecule has 1 heterocycles. The van der Waals surface area contributed by atoms with E-state index >= 15 is 0 Å². The molecule has 1 aliphatic heterocycles. The number of nitrogens with zero attached hydrogens (tertiary/aromatic N) is 2. The third-order valence-electron chi connectivity index (χ3n) is 6.39. The Morgan fingerprint density at radius 1 is 1.24 bits per heavy atom. The second-order valence-corrected chi connectivity index (χ2v) is 9.56. The topological polar surface area (TPSA) is 70.0 Å². The summed E-state index contributed by atoms with van der Waals surface area (Å²) in [5.74, 6) is 0.538. The molecule has 5 nitrogen and oxygen atoms in total. The number of oxime groups is 1. The van der Waals surface area contributed by atoms with Crippen LogP contribution in [-0.4, -0.2) is 42.0 Å². The monoisotopic (exact) mass is 314 g/mol. The summed E-state index contributed by atoms with van der Waals surface area (Å²) < 4.78 is 27.8. The van der Waals surface area contributed by atoms with Gasteiger partial charge in [0.1, 0.15) is 5.25 Å². The molecule has 6 heteroatoms. The van der Waals surface area contributed by atoms with Crippen LogP contribution in [0.4, 0.5) is 0 Å². The van der Waals surface area contributed by atoms with Crippen molar-refractivity contribution in [3.05, 3.63) is 0 Å². The van der Waals surface area contributed by atoms with Crippen molar-refractivity contribution in [2.75, 3.05) is 13.1 Å². The van der Waals surface area contributed by atoms with Crippen LogP contribution in [0.2, 0.25) is 0 Å². The maximum absolute atomic E-state index is 13.1. The van der Waals surface area contributed by atoms with Crippen molar-refractivity contribution in [3.63, 3.8) is 0 Å². The minimum Gasteiger partial charge on any atom is -0.411 e. The SMILES string of the molecule is C[C@H]1[C@@H]2C[C@@H]([C@H](S(=O)(=O)N3CCCCC3)/C2=N\O)C1(C)C. The Kier molecular flexibility index (Phi) is 3.60. The highest BCUT2D eigenvalue weighted by Crippen LogP contribution is 2.59. The van der Waals surface area contributed by atoms with E-state index < -0.39 is 15.3 Å². The number of sulfonamides is 1. The average molecular weight is 314 g/mol. The molecule has 1 saturated heterocycles. The number of hydrogen-bond acceptors (Lipinski definition) is 4. The molecule has 1 N–H and O–H groups in total. The smallest absolute Gasteiger partial charge is 0.222 e. The highest BCUT2D eigenvalue weighted by atomic mass is 32.2. The van der Waals surface area contributed by atoms with Crippen LogP contribution < -0.4 is 0 Å². The number of hydrogen-bond donors (Lipinski definition) is 1. The zero-order chi connectivity index (χ0) is 15.4. The molecule has 3 rings (SSSR count). The van der Waals surface area contributed by atoms with Crippen molar-refractivity contribution in [2.24, 2.45) is 28.3 Å². The van der Waals surface area contributed by atoms with E-state index in [2.05, 4.69) is 25.9 Å². The van der Waals surface area contributed by atoms with E-state index in [1.165, 1.54) is 0 Å². The highest BCUT2D eigenvalue weighted by molar-refractivity contribution is 7.90. The predicted molar refractivity (Wildman–Crippen MR) is 81.9 cm³/mol. The van der Waals surface area contributed by atoms with Gasteiger partial charge in [0.15, 0.2) is 0 Å². The van der Waals surface area contributed by atoms with Gasteiger partial charge in [0, 0.05) is 19.0 Å². The van der Waals surface area contributed by atoms with Gasteiger partial charge in [-0.25, -0.2) is 12.7 Å². The summed E-state index contributed by atoms with van der Waals surface area (Å²) >= 11 is 0. The molecule has 3 fully saturated rings. The molecule has 21 heavy (non-hydrogen) atoms. The molecular weight excluding hydrogens is 288 g/mol. The first-order valence-electron chi connectivity index (χ1n) is 8.02. The first-order chi connectivity index (χ1) is 9.81. The molecule has 3 aliphatic rings. The normalized spacial score (nSPS) is 41.8. The predicted octanol–water partition coefficient (Wildman–Crippen LogP) is 2.31. The van der Waals surface area contributed by atoms with Crippen molar-refractivity contribution in [1.82, 2.24) is 4.31 Å². The Labute approximate surface area is 127 Å². The molecule has 0 spiro atoms. The van der Waals surface area contributed by atoms with Gasteiger partial charge in [-0.05, 0) is 36.5 Å². The molecular formula is C15H26N2O3S. The maximum atomic E-state index is 13.1. The van der Waals surface area contributed by atoms with Crippen LogP contribution in [0.15, 0.2) is 5.16 Å². The van der Waals surface area contributed by atoms with E-state index in [4.69, 9.17) is 0 Å². The number of fused-ring (bicyclic) bond motifs is 2. The minimum atomic E-state index is -3.41. The van der Waals surface area contributed by atoms with Gasteiger partial charge in [-0.3, -0.25) is 0 Å². The van der Waals surface area contributed by atoms with Crippen LogP contribution in [-0.2, 0) is 10.0 Å². The second kappa shape index (κ2) is 4.95. The van der Waals surface area contributed by atoms with Crippen molar-refractivity contribution in [2.45, 2.75) is 51.7 Å². The van der Waals surface area contributed by atoms with E-state index in [1.807, 2.05) is 0 Å². The van der Waals surface area contributed by atoms with E-state index in [-0.39, 0.29) is 17.3 Å². The van der Waals surface area contributed by atoms with E-state index in [1.54, 1.807) is 4.31 Å². The molecule has 0 radical (unpaired) electrons. The zero-order valence-corrected chi connectivity index (χ0v) is 13.9. The van der Waals surface area contributed by atoms with Crippen LogP contribution in [0.1, 0.15) is 46.5 Å². The molecule has 2 bridgehead atoms. The van der Waals surface area contributed by atoms with Crippen LogP contribution in [0, 0.1) is 23.2 Å². The van der Waals surface area contributed by atoms with Crippen molar-refractivity contribution in [1.29, 1.82) is 0 Å². The van der Waals surface area contributed by atoms with Gasteiger partial charge in [-0.2, -0.15) is 0 Å². The Bertz CT molecular complexity index is 549. The quantitative estimate of drug-likeness (QED) is 0.628. The fourth-order valence-electron chi connectivity index (χ4n) is 4.72. The highest BCUT2D eigenvalue weighted by Gasteiger charge is 2.63. The van der Waals surface area contributed by atoms with E-state index in [0.717, 1.165) is 25.7 Å². The first kappa shape index (κ1) is 15.3. The lowest BCUT2D eigenvalue weighted by atomic mass is 9.69. The fourth-order valence-corrected chi connectivity index (χ4v) is 7.21. The Morgan fingerprint density at radius 2 is 1.86 bits per heavy atom. The molecule has 120 valence electrons. The van der Waals surface area contributed by atoms with Gasteiger partial charge in [0.25, 0.3) is 0 Å². The molecule has 4 atom stereocenters. The third kappa shape index (κ3) is 2.05. The van der Waals surface area contributed by atoms with Crippen LogP contribution in [0.5, 0.6) is 0 Å². The molecule has 2 saturated carbocycles. The standard InChI is InChI=1S/C15H26N2O3S/c1-10-11-9-12(15(10,2)3)14(13(11)16-18)21(19,20)17-7-5-4-6-8-17/h10-12,14,18H,4-9H2,1-3H3/b16-13-/t10-,11-,12-,14-/m0/s1. The summed E-state index contributed by atoms with van der Waals surface area (Å²) in [7, 11) is -3.41. The Hall–Kier alpha value is -0.620. The average Bonchev–Trinajstić information content (AvgIpc) is 2.96.